The maximum Gasteiger partial charge on any atom is 0.252 e. The molecule has 0 saturated carbocycles. The Morgan fingerprint density at radius 2 is 1.50 bits per heavy atom. The predicted molar refractivity (Wildman–Crippen MR) is 101 cm³/mol. The first kappa shape index (κ1) is 19.8. The van der Waals surface area contributed by atoms with Crippen molar-refractivity contribution in [2.75, 3.05) is 19.5 Å². The molecule has 26 heavy (non-hydrogen) atoms. The van der Waals surface area contributed by atoms with Crippen LogP contribution in [0, 0.1) is 10.8 Å². The number of aromatic nitrogens is 2. The van der Waals surface area contributed by atoms with Gasteiger partial charge in [-0.1, -0.05) is 41.5 Å². The summed E-state index contributed by atoms with van der Waals surface area (Å²) in [6, 6.07) is 3.41. The van der Waals surface area contributed by atoms with Gasteiger partial charge in [0.25, 0.3) is 5.91 Å². The number of nitrogens with zero attached hydrogens (tertiary/aromatic N) is 2. The molecule has 0 unspecified atom stereocenters. The molecule has 0 aliphatic carbocycles. The summed E-state index contributed by atoms with van der Waals surface area (Å²) in [5, 5.41) is 7.81. The zero-order valence-electron chi connectivity index (χ0n) is 16.7. The smallest absolute Gasteiger partial charge is 0.252 e. The SMILES string of the molecule is COc1cc2c(NC(=O)C(C)(C)C)nn(C(=O)C(C)(C)C)c2cc1OC. The van der Waals surface area contributed by atoms with Crippen LogP contribution >= 0.6 is 0 Å². The first-order valence-electron chi connectivity index (χ1n) is 8.41. The van der Waals surface area contributed by atoms with Gasteiger partial charge in [0.15, 0.2) is 17.3 Å². The Hall–Kier alpha value is -2.57. The molecule has 7 heteroatoms. The van der Waals surface area contributed by atoms with Gasteiger partial charge in [-0.2, -0.15) is 4.68 Å². The quantitative estimate of drug-likeness (QED) is 0.901. The van der Waals surface area contributed by atoms with Crippen molar-refractivity contribution < 1.29 is 19.1 Å². The lowest BCUT2D eigenvalue weighted by Gasteiger charge is -2.17. The van der Waals surface area contributed by atoms with Gasteiger partial charge < -0.3 is 14.8 Å². The monoisotopic (exact) mass is 361 g/mol. The van der Waals surface area contributed by atoms with E-state index in [9.17, 15) is 9.59 Å². The van der Waals surface area contributed by atoms with Gasteiger partial charge in [-0.3, -0.25) is 9.59 Å². The van der Waals surface area contributed by atoms with Crippen LogP contribution in [0.4, 0.5) is 5.82 Å². The first-order chi connectivity index (χ1) is 11.9. The fourth-order valence-electron chi connectivity index (χ4n) is 2.30. The second-order valence-electron chi connectivity index (χ2n) is 8.24. The summed E-state index contributed by atoms with van der Waals surface area (Å²) in [4.78, 5) is 25.3. The molecule has 0 aliphatic heterocycles. The van der Waals surface area contributed by atoms with Crippen molar-refractivity contribution in [3.05, 3.63) is 12.1 Å². The van der Waals surface area contributed by atoms with E-state index in [0.717, 1.165) is 0 Å². The van der Waals surface area contributed by atoms with E-state index in [-0.39, 0.29) is 11.8 Å². The first-order valence-corrected chi connectivity index (χ1v) is 8.41. The van der Waals surface area contributed by atoms with Gasteiger partial charge in [0.2, 0.25) is 5.91 Å². The molecule has 0 radical (unpaired) electrons. The van der Waals surface area contributed by atoms with Crippen molar-refractivity contribution in [1.29, 1.82) is 0 Å². The summed E-state index contributed by atoms with van der Waals surface area (Å²) in [6.07, 6.45) is 0. The van der Waals surface area contributed by atoms with E-state index in [1.54, 1.807) is 12.1 Å². The van der Waals surface area contributed by atoms with E-state index < -0.39 is 10.8 Å². The normalized spacial score (nSPS) is 12.2. The fourth-order valence-corrected chi connectivity index (χ4v) is 2.30. The molecule has 0 aliphatic rings. The van der Waals surface area contributed by atoms with E-state index >= 15 is 0 Å². The van der Waals surface area contributed by atoms with Crippen LogP contribution in [-0.2, 0) is 4.79 Å². The van der Waals surface area contributed by atoms with Crippen LogP contribution in [0.2, 0.25) is 0 Å². The Bertz CT molecular complexity index is 854. The third-order valence-electron chi connectivity index (χ3n) is 3.93. The van der Waals surface area contributed by atoms with Crippen molar-refractivity contribution in [2.24, 2.45) is 10.8 Å². The molecule has 0 fully saturated rings. The zero-order chi connectivity index (χ0) is 19.9. The topological polar surface area (TPSA) is 82.5 Å². The van der Waals surface area contributed by atoms with Crippen molar-refractivity contribution in [2.45, 2.75) is 41.5 Å². The van der Waals surface area contributed by atoms with E-state index in [4.69, 9.17) is 9.47 Å². The van der Waals surface area contributed by atoms with E-state index in [2.05, 4.69) is 10.4 Å². The standard InChI is InChI=1S/C19H27N3O4/c1-18(2,3)16(23)20-15-11-9-13(25-7)14(26-8)10-12(11)22(21-15)17(24)19(4,5)6/h9-10H,1-8H3,(H,20,21,23). The van der Waals surface area contributed by atoms with E-state index in [1.807, 2.05) is 41.5 Å². The number of rotatable bonds is 3. The van der Waals surface area contributed by atoms with Crippen LogP contribution in [0.5, 0.6) is 11.5 Å². The molecule has 1 heterocycles. The molecular formula is C19H27N3O4. The largest absolute Gasteiger partial charge is 0.493 e. The number of benzene rings is 1. The molecule has 1 N–H and O–H groups in total. The molecule has 1 amide bonds. The van der Waals surface area contributed by atoms with Crippen molar-refractivity contribution >= 4 is 28.5 Å². The fraction of sp³-hybridized carbons (Fsp3) is 0.526. The van der Waals surface area contributed by atoms with Crippen molar-refractivity contribution in [3.8, 4) is 11.5 Å². The average molecular weight is 361 g/mol. The lowest BCUT2D eigenvalue weighted by atomic mass is 9.95. The lowest BCUT2D eigenvalue weighted by Crippen LogP contribution is -2.29. The van der Waals surface area contributed by atoms with Crippen LogP contribution in [0.25, 0.3) is 10.9 Å². The Labute approximate surface area is 153 Å². The summed E-state index contributed by atoms with van der Waals surface area (Å²) < 4.78 is 12.0. The molecule has 1 aromatic carbocycles. The van der Waals surface area contributed by atoms with Crippen LogP contribution in [0.15, 0.2) is 12.1 Å². The number of hydrogen-bond donors (Lipinski definition) is 1. The van der Waals surface area contributed by atoms with Crippen LogP contribution < -0.4 is 14.8 Å². The Morgan fingerprint density at radius 1 is 0.962 bits per heavy atom. The summed E-state index contributed by atoms with van der Waals surface area (Å²) in [5.41, 5.74) is -0.690. The van der Waals surface area contributed by atoms with Gasteiger partial charge in [0.1, 0.15) is 0 Å². The minimum atomic E-state index is -0.641. The molecule has 2 rings (SSSR count). The number of anilines is 1. The van der Waals surface area contributed by atoms with Crippen molar-refractivity contribution in [3.63, 3.8) is 0 Å². The molecule has 0 saturated heterocycles. The number of hydrogen-bond acceptors (Lipinski definition) is 5. The van der Waals surface area contributed by atoms with Crippen molar-refractivity contribution in [1.82, 2.24) is 9.78 Å². The zero-order valence-corrected chi connectivity index (χ0v) is 16.7. The van der Waals surface area contributed by atoms with Gasteiger partial charge in [-0.25, -0.2) is 0 Å². The van der Waals surface area contributed by atoms with Gasteiger partial charge in [-0.05, 0) is 6.07 Å². The summed E-state index contributed by atoms with van der Waals surface area (Å²) in [7, 11) is 3.06. The Balaban J connectivity index is 2.72. The highest BCUT2D eigenvalue weighted by Crippen LogP contribution is 2.36. The van der Waals surface area contributed by atoms with Gasteiger partial charge in [-0.15, -0.1) is 5.10 Å². The highest BCUT2D eigenvalue weighted by molar-refractivity contribution is 6.05. The molecule has 1 aromatic heterocycles. The van der Waals surface area contributed by atoms with E-state index in [0.29, 0.717) is 28.2 Å². The Kier molecular flexibility index (Phi) is 5.03. The maximum absolute atomic E-state index is 12.8. The molecule has 0 spiro atoms. The van der Waals surface area contributed by atoms with E-state index in [1.165, 1.54) is 18.9 Å². The maximum atomic E-state index is 12.8. The van der Waals surface area contributed by atoms with Gasteiger partial charge in [0.05, 0.1) is 19.7 Å². The minimum Gasteiger partial charge on any atom is -0.493 e. The minimum absolute atomic E-state index is 0.189. The number of fused-ring (bicyclic) bond motifs is 1. The summed E-state index contributed by atoms with van der Waals surface area (Å²) in [6.45, 7) is 10.9. The molecule has 142 valence electrons. The lowest BCUT2D eigenvalue weighted by molar-refractivity contribution is -0.123. The molecule has 7 nitrogen and oxygen atoms in total. The Morgan fingerprint density at radius 3 is 1.96 bits per heavy atom. The number of carbonyl (C=O) groups excluding carboxylic acids is 2. The highest BCUT2D eigenvalue weighted by atomic mass is 16.5. The third kappa shape index (κ3) is 3.66. The molecule has 2 aromatic rings. The van der Waals surface area contributed by atoms with Crippen LogP contribution in [0.3, 0.4) is 0 Å². The number of ether oxygens (including phenoxy) is 2. The number of methoxy groups -OCH3 is 2. The molecular weight excluding hydrogens is 334 g/mol. The second-order valence-corrected chi connectivity index (χ2v) is 8.24. The van der Waals surface area contributed by atoms with Gasteiger partial charge in [0, 0.05) is 22.3 Å². The molecule has 0 atom stereocenters. The third-order valence-corrected chi connectivity index (χ3v) is 3.93. The number of amides is 1. The van der Waals surface area contributed by atoms with Crippen LogP contribution in [0.1, 0.15) is 46.3 Å². The number of carbonyl (C=O) groups is 2. The average Bonchev–Trinajstić information content (AvgIpc) is 2.88. The van der Waals surface area contributed by atoms with Crippen LogP contribution in [-0.4, -0.2) is 35.8 Å². The second kappa shape index (κ2) is 6.63. The summed E-state index contributed by atoms with van der Waals surface area (Å²) in [5.74, 6) is 0.914. The summed E-state index contributed by atoms with van der Waals surface area (Å²) >= 11 is 0. The predicted octanol–water partition coefficient (Wildman–Crippen LogP) is 3.72. The molecule has 0 bridgehead atoms. The van der Waals surface area contributed by atoms with Gasteiger partial charge >= 0.3 is 0 Å². The number of nitrogens with one attached hydrogen (secondary N) is 1. The highest BCUT2D eigenvalue weighted by Gasteiger charge is 2.29.